The van der Waals surface area contributed by atoms with Gasteiger partial charge in [-0.3, -0.25) is 9.44 Å². The van der Waals surface area contributed by atoms with Gasteiger partial charge in [0.2, 0.25) is 0 Å². The van der Waals surface area contributed by atoms with Crippen molar-refractivity contribution in [1.82, 2.24) is 0 Å². The number of methoxy groups -OCH3 is 1. The molecule has 148 valence electrons. The van der Waals surface area contributed by atoms with Crippen molar-refractivity contribution in [3.63, 3.8) is 0 Å². The van der Waals surface area contributed by atoms with E-state index in [2.05, 4.69) is 9.44 Å². The first-order valence-corrected chi connectivity index (χ1v) is 11.6. The Balaban J connectivity index is 1.94. The predicted octanol–water partition coefficient (Wildman–Crippen LogP) is 3.06. The molecule has 0 aliphatic heterocycles. The van der Waals surface area contributed by atoms with Crippen LogP contribution in [0.15, 0.2) is 69.1 Å². The molecule has 3 N–H and O–H groups in total. The lowest BCUT2D eigenvalue weighted by Crippen LogP contribution is -2.15. The molecule has 0 spiro atoms. The van der Waals surface area contributed by atoms with Crippen molar-refractivity contribution >= 4 is 42.8 Å². The van der Waals surface area contributed by atoms with Crippen molar-refractivity contribution in [2.24, 2.45) is 0 Å². The molecule has 0 fully saturated rings. The average Bonchev–Trinajstić information content (AvgIpc) is 3.19. The molecule has 3 aromatic rings. The van der Waals surface area contributed by atoms with Crippen molar-refractivity contribution < 1.29 is 26.7 Å². The van der Waals surface area contributed by atoms with Gasteiger partial charge in [0.1, 0.15) is 15.7 Å². The second kappa shape index (κ2) is 7.70. The van der Waals surface area contributed by atoms with E-state index in [9.17, 15) is 21.9 Å². The summed E-state index contributed by atoms with van der Waals surface area (Å²) in [6.07, 6.45) is 0. The maximum Gasteiger partial charge on any atom is 0.271 e. The van der Waals surface area contributed by atoms with E-state index in [-0.39, 0.29) is 20.5 Å². The van der Waals surface area contributed by atoms with E-state index in [4.69, 9.17) is 4.74 Å². The largest absolute Gasteiger partial charge is 0.506 e. The fraction of sp³-hybridized carbons (Fsp3) is 0.0588. The summed E-state index contributed by atoms with van der Waals surface area (Å²) < 4.78 is 59.9. The Morgan fingerprint density at radius 2 is 1.61 bits per heavy atom. The monoisotopic (exact) mass is 440 g/mol. The zero-order valence-electron chi connectivity index (χ0n) is 14.5. The van der Waals surface area contributed by atoms with Crippen molar-refractivity contribution in [3.05, 3.63) is 60.0 Å². The SMILES string of the molecule is COc1ccccc1NS(=O)(=O)c1ccc(O)c(NS(=O)(=O)c2cccs2)c1. The Bertz CT molecular complexity index is 1190. The summed E-state index contributed by atoms with van der Waals surface area (Å²) in [4.78, 5) is -0.236. The van der Waals surface area contributed by atoms with Gasteiger partial charge in [-0.1, -0.05) is 18.2 Å². The van der Waals surface area contributed by atoms with Gasteiger partial charge in [0.05, 0.1) is 23.4 Å². The minimum absolute atomic E-state index is 0.0345. The van der Waals surface area contributed by atoms with Gasteiger partial charge in [0, 0.05) is 0 Å². The topological polar surface area (TPSA) is 122 Å². The zero-order chi connectivity index (χ0) is 20.4. The van der Waals surface area contributed by atoms with Crippen LogP contribution >= 0.6 is 11.3 Å². The average molecular weight is 441 g/mol. The molecular formula is C17H16N2O6S3. The molecule has 0 bridgehead atoms. The maximum atomic E-state index is 12.7. The molecule has 0 radical (unpaired) electrons. The highest BCUT2D eigenvalue weighted by atomic mass is 32.2. The van der Waals surface area contributed by atoms with Crippen LogP contribution in [-0.4, -0.2) is 29.1 Å². The van der Waals surface area contributed by atoms with Crippen LogP contribution in [0, 0.1) is 0 Å². The van der Waals surface area contributed by atoms with Crippen LogP contribution in [0.2, 0.25) is 0 Å². The van der Waals surface area contributed by atoms with E-state index in [1.165, 1.54) is 19.2 Å². The number of phenols is 1. The van der Waals surface area contributed by atoms with E-state index in [0.717, 1.165) is 29.5 Å². The lowest BCUT2D eigenvalue weighted by molar-refractivity contribution is 0.417. The predicted molar refractivity (Wildman–Crippen MR) is 107 cm³/mol. The Hall–Kier alpha value is -2.76. The summed E-state index contributed by atoms with van der Waals surface area (Å²) in [7, 11) is -6.61. The molecule has 0 aliphatic carbocycles. The standard InChI is InChI=1S/C17H16N2O6S3/c1-25-16-6-3-2-5-13(16)18-27(21,22)12-8-9-15(20)14(11-12)19-28(23,24)17-7-4-10-26-17/h2-11,18-20H,1H3. The number of hydrogen-bond acceptors (Lipinski definition) is 7. The van der Waals surface area contributed by atoms with Crippen LogP contribution in [-0.2, 0) is 20.0 Å². The van der Waals surface area contributed by atoms with Gasteiger partial charge in [-0.05, 0) is 41.8 Å². The molecule has 2 aromatic carbocycles. The van der Waals surface area contributed by atoms with Gasteiger partial charge in [0.15, 0.2) is 0 Å². The fourth-order valence-electron chi connectivity index (χ4n) is 2.31. The minimum Gasteiger partial charge on any atom is -0.506 e. The molecule has 0 unspecified atom stereocenters. The second-order valence-corrected chi connectivity index (χ2v) is 10.1. The molecule has 1 aromatic heterocycles. The number of rotatable bonds is 7. The molecule has 28 heavy (non-hydrogen) atoms. The van der Waals surface area contributed by atoms with Gasteiger partial charge in [-0.15, -0.1) is 11.3 Å². The number of sulfonamides is 2. The summed E-state index contributed by atoms with van der Waals surface area (Å²) >= 11 is 0.994. The van der Waals surface area contributed by atoms with Crippen LogP contribution in [0.25, 0.3) is 0 Å². The van der Waals surface area contributed by atoms with Crippen LogP contribution in [0.3, 0.4) is 0 Å². The van der Waals surface area contributed by atoms with Crippen LogP contribution in [0.1, 0.15) is 0 Å². The van der Waals surface area contributed by atoms with Gasteiger partial charge in [-0.25, -0.2) is 16.8 Å². The number of para-hydroxylation sites is 2. The Morgan fingerprint density at radius 3 is 2.29 bits per heavy atom. The first-order valence-electron chi connectivity index (χ1n) is 7.78. The third-order valence-corrected chi connectivity index (χ3v) is 7.76. The molecule has 3 rings (SSSR count). The van der Waals surface area contributed by atoms with Crippen LogP contribution in [0.5, 0.6) is 11.5 Å². The molecule has 0 amide bonds. The highest BCUT2D eigenvalue weighted by Gasteiger charge is 2.21. The number of nitrogens with one attached hydrogen (secondary N) is 2. The van der Waals surface area contributed by atoms with E-state index in [0.29, 0.717) is 5.75 Å². The van der Waals surface area contributed by atoms with Crippen LogP contribution < -0.4 is 14.2 Å². The van der Waals surface area contributed by atoms with Gasteiger partial charge in [0.25, 0.3) is 20.0 Å². The highest BCUT2D eigenvalue weighted by Crippen LogP contribution is 2.31. The smallest absolute Gasteiger partial charge is 0.271 e. The van der Waals surface area contributed by atoms with Gasteiger partial charge in [-0.2, -0.15) is 0 Å². The molecular weight excluding hydrogens is 424 g/mol. The molecule has 8 nitrogen and oxygen atoms in total. The van der Waals surface area contributed by atoms with Crippen molar-refractivity contribution in [3.8, 4) is 11.5 Å². The normalized spacial score (nSPS) is 11.8. The first-order chi connectivity index (χ1) is 13.2. The second-order valence-electron chi connectivity index (χ2n) is 5.52. The Kier molecular flexibility index (Phi) is 5.49. The summed E-state index contributed by atoms with van der Waals surface area (Å²) in [6.45, 7) is 0. The summed E-state index contributed by atoms with van der Waals surface area (Å²) in [5.41, 5.74) is -0.0323. The molecule has 0 saturated carbocycles. The minimum atomic E-state index is -4.07. The molecule has 0 saturated heterocycles. The number of aromatic hydroxyl groups is 1. The number of anilines is 2. The van der Waals surface area contributed by atoms with E-state index in [1.807, 2.05) is 0 Å². The van der Waals surface area contributed by atoms with E-state index >= 15 is 0 Å². The number of thiophene rings is 1. The molecule has 1 heterocycles. The highest BCUT2D eigenvalue weighted by molar-refractivity contribution is 7.94. The third kappa shape index (κ3) is 4.21. The number of phenolic OH excluding ortho intramolecular Hbond substituents is 1. The van der Waals surface area contributed by atoms with E-state index < -0.39 is 25.8 Å². The van der Waals surface area contributed by atoms with Crippen LogP contribution in [0.4, 0.5) is 11.4 Å². The number of benzene rings is 2. The van der Waals surface area contributed by atoms with Gasteiger partial charge >= 0.3 is 0 Å². The molecule has 11 heteroatoms. The molecule has 0 atom stereocenters. The lowest BCUT2D eigenvalue weighted by Gasteiger charge is -2.13. The summed E-state index contributed by atoms with van der Waals surface area (Å²) in [5, 5.41) is 11.6. The van der Waals surface area contributed by atoms with Crippen molar-refractivity contribution in [1.29, 1.82) is 0 Å². The summed E-state index contributed by atoms with van der Waals surface area (Å²) in [5.74, 6) is -0.0835. The maximum absolute atomic E-state index is 12.7. The summed E-state index contributed by atoms with van der Waals surface area (Å²) in [6, 6.07) is 12.7. The first kappa shape index (κ1) is 20.0. The Morgan fingerprint density at radius 1 is 0.893 bits per heavy atom. The van der Waals surface area contributed by atoms with Crippen molar-refractivity contribution in [2.75, 3.05) is 16.6 Å². The van der Waals surface area contributed by atoms with Gasteiger partial charge < -0.3 is 9.84 Å². The lowest BCUT2D eigenvalue weighted by atomic mass is 10.3. The zero-order valence-corrected chi connectivity index (χ0v) is 16.9. The number of hydrogen-bond donors (Lipinski definition) is 3. The Labute approximate surface area is 166 Å². The van der Waals surface area contributed by atoms with Crippen molar-refractivity contribution in [2.45, 2.75) is 9.10 Å². The quantitative estimate of drug-likeness (QED) is 0.486. The van der Waals surface area contributed by atoms with E-state index in [1.54, 1.807) is 29.6 Å². The fourth-order valence-corrected chi connectivity index (χ4v) is 5.46. The third-order valence-electron chi connectivity index (χ3n) is 3.63. The number of ether oxygens (including phenoxy) is 1. The molecule has 0 aliphatic rings.